The van der Waals surface area contributed by atoms with Crippen LogP contribution in [0.2, 0.25) is 5.02 Å². The highest BCUT2D eigenvalue weighted by Crippen LogP contribution is 2.30. The third-order valence-electron chi connectivity index (χ3n) is 4.21. The average Bonchev–Trinajstić information content (AvgIpc) is 2.42. The molecule has 1 saturated heterocycles. The van der Waals surface area contributed by atoms with Crippen molar-refractivity contribution in [3.8, 4) is 0 Å². The number of likely N-dealkylation sites (tertiary alicyclic amines) is 1. The standard InChI is InChI=1S/C15H23ClFN3/c1-19(2)12-5-7-20(8-6-12)15(10-18)13-4-3-11(17)9-14(13)16/h3-4,9,12,15H,5-8,10,18H2,1-2H3. The summed E-state index contributed by atoms with van der Waals surface area (Å²) in [5.74, 6) is -0.305. The van der Waals surface area contributed by atoms with E-state index in [1.807, 2.05) is 0 Å². The highest BCUT2D eigenvalue weighted by Gasteiger charge is 2.27. The number of hydrogen-bond donors (Lipinski definition) is 1. The smallest absolute Gasteiger partial charge is 0.124 e. The van der Waals surface area contributed by atoms with Crippen LogP contribution >= 0.6 is 11.6 Å². The maximum atomic E-state index is 13.2. The molecule has 20 heavy (non-hydrogen) atoms. The number of piperidine rings is 1. The van der Waals surface area contributed by atoms with Gasteiger partial charge in [0.25, 0.3) is 0 Å². The predicted molar refractivity (Wildman–Crippen MR) is 81.5 cm³/mol. The van der Waals surface area contributed by atoms with Crippen LogP contribution in [0.4, 0.5) is 4.39 Å². The van der Waals surface area contributed by atoms with Crippen molar-refractivity contribution in [1.29, 1.82) is 0 Å². The topological polar surface area (TPSA) is 32.5 Å². The summed E-state index contributed by atoms with van der Waals surface area (Å²) < 4.78 is 13.2. The van der Waals surface area contributed by atoms with Gasteiger partial charge in [-0.25, -0.2) is 4.39 Å². The molecule has 1 aromatic rings. The van der Waals surface area contributed by atoms with E-state index in [1.165, 1.54) is 12.1 Å². The van der Waals surface area contributed by atoms with Crippen LogP contribution in [-0.4, -0.2) is 49.6 Å². The van der Waals surface area contributed by atoms with Crippen molar-refractivity contribution in [3.05, 3.63) is 34.6 Å². The minimum atomic E-state index is -0.305. The first kappa shape index (κ1) is 15.7. The van der Waals surface area contributed by atoms with Crippen molar-refractivity contribution in [1.82, 2.24) is 9.80 Å². The molecule has 0 bridgehead atoms. The minimum absolute atomic E-state index is 0.0752. The van der Waals surface area contributed by atoms with Gasteiger partial charge in [-0.05, 0) is 44.6 Å². The van der Waals surface area contributed by atoms with Gasteiger partial charge in [-0.15, -0.1) is 0 Å². The molecule has 1 unspecified atom stereocenters. The summed E-state index contributed by atoms with van der Waals surface area (Å²) >= 11 is 6.17. The van der Waals surface area contributed by atoms with E-state index in [-0.39, 0.29) is 11.9 Å². The summed E-state index contributed by atoms with van der Waals surface area (Å²) in [6.07, 6.45) is 2.25. The molecule has 3 nitrogen and oxygen atoms in total. The first-order chi connectivity index (χ1) is 9.52. The Hall–Kier alpha value is -0.680. The SMILES string of the molecule is CN(C)C1CCN(C(CN)c2ccc(F)cc2Cl)CC1. The van der Waals surface area contributed by atoms with E-state index in [0.29, 0.717) is 17.6 Å². The Morgan fingerprint density at radius 3 is 2.55 bits per heavy atom. The van der Waals surface area contributed by atoms with Crippen LogP contribution in [0.15, 0.2) is 18.2 Å². The van der Waals surface area contributed by atoms with Gasteiger partial charge in [0.05, 0.1) is 0 Å². The number of nitrogens with zero attached hydrogens (tertiary/aromatic N) is 2. The molecule has 1 aliphatic rings. The Morgan fingerprint density at radius 1 is 1.40 bits per heavy atom. The summed E-state index contributed by atoms with van der Waals surface area (Å²) in [5.41, 5.74) is 6.86. The molecule has 1 aliphatic heterocycles. The van der Waals surface area contributed by atoms with Crippen LogP contribution in [-0.2, 0) is 0 Å². The predicted octanol–water partition coefficient (Wildman–Crippen LogP) is 2.50. The Kier molecular flexibility index (Phi) is 5.38. The lowest BCUT2D eigenvalue weighted by Gasteiger charge is -2.39. The van der Waals surface area contributed by atoms with Gasteiger partial charge in [-0.3, -0.25) is 4.90 Å². The van der Waals surface area contributed by atoms with E-state index in [9.17, 15) is 4.39 Å². The van der Waals surface area contributed by atoms with Crippen molar-refractivity contribution in [2.24, 2.45) is 5.73 Å². The van der Waals surface area contributed by atoms with Gasteiger partial charge in [0.1, 0.15) is 5.82 Å². The largest absolute Gasteiger partial charge is 0.329 e. The molecule has 0 amide bonds. The molecule has 1 atom stereocenters. The van der Waals surface area contributed by atoms with Gasteiger partial charge in [0.15, 0.2) is 0 Å². The second-order valence-corrected chi connectivity index (χ2v) is 6.06. The van der Waals surface area contributed by atoms with Gasteiger partial charge in [0.2, 0.25) is 0 Å². The Bertz CT molecular complexity index is 445. The fraction of sp³-hybridized carbons (Fsp3) is 0.600. The van der Waals surface area contributed by atoms with Crippen molar-refractivity contribution in [2.45, 2.75) is 24.9 Å². The second kappa shape index (κ2) is 6.85. The molecule has 1 fully saturated rings. The summed E-state index contributed by atoms with van der Waals surface area (Å²) in [6, 6.07) is 5.29. The Balaban J connectivity index is 2.09. The fourth-order valence-electron chi connectivity index (χ4n) is 2.96. The van der Waals surface area contributed by atoms with Crippen molar-refractivity contribution >= 4 is 11.6 Å². The van der Waals surface area contributed by atoms with Gasteiger partial charge >= 0.3 is 0 Å². The first-order valence-corrected chi connectivity index (χ1v) is 7.46. The van der Waals surface area contributed by atoms with E-state index in [1.54, 1.807) is 6.07 Å². The third-order valence-corrected chi connectivity index (χ3v) is 4.54. The summed E-state index contributed by atoms with van der Waals surface area (Å²) in [5, 5.41) is 0.468. The lowest BCUT2D eigenvalue weighted by atomic mass is 9.98. The molecule has 1 heterocycles. The van der Waals surface area contributed by atoms with Crippen LogP contribution in [0, 0.1) is 5.82 Å². The van der Waals surface area contributed by atoms with Gasteiger partial charge in [0, 0.05) is 36.7 Å². The quantitative estimate of drug-likeness (QED) is 0.927. The van der Waals surface area contributed by atoms with E-state index in [4.69, 9.17) is 17.3 Å². The lowest BCUT2D eigenvalue weighted by molar-refractivity contribution is 0.111. The van der Waals surface area contributed by atoms with Crippen LogP contribution < -0.4 is 5.73 Å². The number of benzene rings is 1. The maximum absolute atomic E-state index is 13.2. The molecule has 0 aliphatic carbocycles. The molecule has 2 N–H and O–H groups in total. The number of rotatable bonds is 4. The van der Waals surface area contributed by atoms with Crippen LogP contribution in [0.3, 0.4) is 0 Å². The monoisotopic (exact) mass is 299 g/mol. The molecule has 5 heteroatoms. The van der Waals surface area contributed by atoms with Crippen molar-refractivity contribution in [3.63, 3.8) is 0 Å². The van der Waals surface area contributed by atoms with Gasteiger partial charge < -0.3 is 10.6 Å². The molecular formula is C15H23ClFN3. The van der Waals surface area contributed by atoms with Crippen molar-refractivity contribution in [2.75, 3.05) is 33.7 Å². The van der Waals surface area contributed by atoms with Crippen LogP contribution in [0.25, 0.3) is 0 Å². The Labute approximate surface area is 125 Å². The summed E-state index contributed by atoms with van der Waals surface area (Å²) in [7, 11) is 4.25. The van der Waals surface area contributed by atoms with Crippen LogP contribution in [0.5, 0.6) is 0 Å². The van der Waals surface area contributed by atoms with Gasteiger partial charge in [-0.1, -0.05) is 17.7 Å². The molecule has 0 aromatic heterocycles. The molecule has 1 aromatic carbocycles. The summed E-state index contributed by atoms with van der Waals surface area (Å²) in [6.45, 7) is 2.49. The zero-order valence-corrected chi connectivity index (χ0v) is 12.9. The highest BCUT2D eigenvalue weighted by atomic mass is 35.5. The third kappa shape index (κ3) is 3.50. The number of nitrogens with two attached hydrogens (primary N) is 1. The van der Waals surface area contributed by atoms with E-state index in [0.717, 1.165) is 31.5 Å². The Morgan fingerprint density at radius 2 is 2.05 bits per heavy atom. The highest BCUT2D eigenvalue weighted by molar-refractivity contribution is 6.31. The van der Waals surface area contributed by atoms with Crippen LogP contribution in [0.1, 0.15) is 24.4 Å². The van der Waals surface area contributed by atoms with E-state index in [2.05, 4.69) is 23.9 Å². The van der Waals surface area contributed by atoms with Gasteiger partial charge in [-0.2, -0.15) is 0 Å². The molecule has 0 saturated carbocycles. The zero-order chi connectivity index (χ0) is 14.7. The van der Waals surface area contributed by atoms with E-state index >= 15 is 0 Å². The first-order valence-electron chi connectivity index (χ1n) is 7.08. The minimum Gasteiger partial charge on any atom is -0.329 e. The van der Waals surface area contributed by atoms with Crippen molar-refractivity contribution < 1.29 is 4.39 Å². The molecule has 2 rings (SSSR count). The fourth-order valence-corrected chi connectivity index (χ4v) is 3.25. The van der Waals surface area contributed by atoms with E-state index < -0.39 is 0 Å². The average molecular weight is 300 g/mol. The zero-order valence-electron chi connectivity index (χ0n) is 12.1. The number of halogens is 2. The second-order valence-electron chi connectivity index (χ2n) is 5.65. The maximum Gasteiger partial charge on any atom is 0.124 e. The molecule has 0 radical (unpaired) electrons. The molecule has 0 spiro atoms. The summed E-state index contributed by atoms with van der Waals surface area (Å²) in [4.78, 5) is 4.64. The molecular weight excluding hydrogens is 277 g/mol. The lowest BCUT2D eigenvalue weighted by Crippen LogP contribution is -2.45. The number of hydrogen-bond acceptors (Lipinski definition) is 3. The molecule has 112 valence electrons. The normalized spacial score (nSPS) is 19.5.